The molecule has 1 unspecified atom stereocenters. The predicted molar refractivity (Wildman–Crippen MR) is 83.9 cm³/mol. The average molecular weight is 327 g/mol. The van der Waals surface area contributed by atoms with Gasteiger partial charge in [-0.3, -0.25) is 4.79 Å². The number of carbonyl (C=O) groups is 1. The van der Waals surface area contributed by atoms with Crippen molar-refractivity contribution in [3.05, 3.63) is 11.8 Å². The van der Waals surface area contributed by atoms with Crippen LogP contribution in [0.15, 0.2) is 14.9 Å². The van der Waals surface area contributed by atoms with E-state index in [2.05, 4.69) is 32.9 Å². The molecule has 21 heavy (non-hydrogen) atoms. The molecule has 2 aromatic rings. The Labute approximate surface area is 130 Å². The van der Waals surface area contributed by atoms with Gasteiger partial charge in [-0.2, -0.15) is 0 Å². The van der Waals surface area contributed by atoms with Gasteiger partial charge in [0.05, 0.1) is 5.25 Å². The lowest BCUT2D eigenvalue weighted by molar-refractivity contribution is -0.115. The summed E-state index contributed by atoms with van der Waals surface area (Å²) in [5, 5.41) is 18.2. The van der Waals surface area contributed by atoms with Crippen LogP contribution in [0.5, 0.6) is 0 Å². The van der Waals surface area contributed by atoms with E-state index in [1.165, 1.54) is 23.1 Å². The summed E-state index contributed by atoms with van der Waals surface area (Å²) in [6.07, 6.45) is 1.03. The number of anilines is 2. The van der Waals surface area contributed by atoms with Gasteiger partial charge in [-0.25, -0.2) is 0 Å². The number of thioether (sulfide) groups is 1. The Morgan fingerprint density at radius 2 is 2.33 bits per heavy atom. The first kappa shape index (κ1) is 15.8. The third-order valence-corrected chi connectivity index (χ3v) is 4.52. The predicted octanol–water partition coefficient (Wildman–Crippen LogP) is 2.78. The third kappa shape index (κ3) is 4.71. The van der Waals surface area contributed by atoms with Crippen LogP contribution in [-0.4, -0.2) is 33.1 Å². The van der Waals surface area contributed by atoms with Gasteiger partial charge in [0.25, 0.3) is 0 Å². The van der Waals surface area contributed by atoms with Crippen molar-refractivity contribution in [1.29, 1.82) is 0 Å². The molecule has 1 amide bonds. The number of hydrogen-bond donors (Lipinski definition) is 2. The van der Waals surface area contributed by atoms with Crippen LogP contribution in [0.3, 0.4) is 0 Å². The molecule has 0 spiro atoms. The highest BCUT2D eigenvalue weighted by Gasteiger charge is 2.18. The molecule has 1 atom stereocenters. The molecule has 0 saturated heterocycles. The van der Waals surface area contributed by atoms with Crippen LogP contribution in [0.2, 0.25) is 0 Å². The monoisotopic (exact) mass is 327 g/mol. The van der Waals surface area contributed by atoms with Crippen LogP contribution >= 0.6 is 23.1 Å². The van der Waals surface area contributed by atoms with Gasteiger partial charge >= 0.3 is 0 Å². The number of rotatable bonds is 7. The number of nitrogens with zero attached hydrogens (tertiary/aromatic N) is 3. The van der Waals surface area contributed by atoms with Crippen LogP contribution < -0.4 is 10.6 Å². The second-order valence-corrected chi connectivity index (χ2v) is 6.94. The summed E-state index contributed by atoms with van der Waals surface area (Å²) in [5.74, 6) is 0.931. The summed E-state index contributed by atoms with van der Waals surface area (Å²) in [5.41, 5.74) is 0. The first-order chi connectivity index (χ1) is 10.1. The second kappa shape index (κ2) is 7.41. The first-order valence-electron chi connectivity index (χ1n) is 6.56. The van der Waals surface area contributed by atoms with Gasteiger partial charge in [0, 0.05) is 12.6 Å². The average Bonchev–Trinajstić information content (AvgIpc) is 3.05. The zero-order valence-corrected chi connectivity index (χ0v) is 13.7. The highest BCUT2D eigenvalue weighted by Crippen LogP contribution is 2.29. The topological polar surface area (TPSA) is 92.9 Å². The third-order valence-electron chi connectivity index (χ3n) is 2.46. The zero-order chi connectivity index (χ0) is 15.2. The summed E-state index contributed by atoms with van der Waals surface area (Å²) >= 11 is 2.81. The van der Waals surface area contributed by atoms with Gasteiger partial charge < -0.3 is 15.2 Å². The van der Waals surface area contributed by atoms with E-state index in [0.29, 0.717) is 11.6 Å². The first-order valence-corrected chi connectivity index (χ1v) is 8.26. The summed E-state index contributed by atoms with van der Waals surface area (Å²) in [7, 11) is 0. The fourth-order valence-electron chi connectivity index (χ4n) is 1.42. The Kier molecular flexibility index (Phi) is 5.57. The smallest absolute Gasteiger partial charge is 0.238 e. The minimum Gasteiger partial charge on any atom is -0.360 e. The molecule has 114 valence electrons. The molecule has 0 aliphatic rings. The minimum atomic E-state index is -0.297. The molecule has 7 nitrogen and oxygen atoms in total. The van der Waals surface area contributed by atoms with E-state index in [1.54, 1.807) is 13.0 Å². The highest BCUT2D eigenvalue weighted by molar-refractivity contribution is 8.02. The molecule has 0 radical (unpaired) electrons. The lowest BCUT2D eigenvalue weighted by atomic mass is 10.4. The van der Waals surface area contributed by atoms with E-state index in [1.807, 2.05) is 6.92 Å². The number of aromatic nitrogens is 3. The standard InChI is InChI=1S/C12H17N5O2S2/c1-4-5-13-11-15-16-12(21-11)20-8(3)10(18)14-9-6-7(2)19-17-9/h6,8H,4-5H2,1-3H3,(H,13,15)(H,14,17,18). The van der Waals surface area contributed by atoms with Crippen LogP contribution in [0.4, 0.5) is 10.9 Å². The molecule has 0 aliphatic heterocycles. The van der Waals surface area contributed by atoms with E-state index < -0.39 is 0 Å². The molecule has 0 saturated carbocycles. The second-order valence-electron chi connectivity index (χ2n) is 4.37. The number of carbonyl (C=O) groups excluding carboxylic acids is 1. The Morgan fingerprint density at radius 3 is 3.00 bits per heavy atom. The number of nitrogens with one attached hydrogen (secondary N) is 2. The maximum absolute atomic E-state index is 12.0. The Bertz CT molecular complexity index is 598. The number of hydrogen-bond acceptors (Lipinski definition) is 8. The van der Waals surface area contributed by atoms with E-state index >= 15 is 0 Å². The van der Waals surface area contributed by atoms with Gasteiger partial charge in [0.2, 0.25) is 11.0 Å². The molecular weight excluding hydrogens is 310 g/mol. The van der Waals surface area contributed by atoms with Gasteiger partial charge in [0.1, 0.15) is 5.76 Å². The normalized spacial score (nSPS) is 12.1. The van der Waals surface area contributed by atoms with E-state index in [-0.39, 0.29) is 11.2 Å². The fraction of sp³-hybridized carbons (Fsp3) is 0.500. The molecule has 2 rings (SSSR count). The molecule has 9 heteroatoms. The summed E-state index contributed by atoms with van der Waals surface area (Å²) in [6, 6.07) is 1.67. The summed E-state index contributed by atoms with van der Waals surface area (Å²) in [4.78, 5) is 12.0. The molecule has 2 aromatic heterocycles. The lowest BCUT2D eigenvalue weighted by Gasteiger charge is -2.07. The molecule has 2 N–H and O–H groups in total. The number of amides is 1. The van der Waals surface area contributed by atoms with Crippen LogP contribution in [-0.2, 0) is 4.79 Å². The van der Waals surface area contributed by atoms with E-state index in [0.717, 1.165) is 22.4 Å². The van der Waals surface area contributed by atoms with Crippen LogP contribution in [0, 0.1) is 6.92 Å². The quantitative estimate of drug-likeness (QED) is 0.755. The molecule has 0 fully saturated rings. The largest absolute Gasteiger partial charge is 0.360 e. The molecule has 0 bridgehead atoms. The van der Waals surface area contributed by atoms with Gasteiger partial charge in [0.15, 0.2) is 10.2 Å². The molecule has 0 aromatic carbocycles. The molecule has 2 heterocycles. The lowest BCUT2D eigenvalue weighted by Crippen LogP contribution is -2.22. The molecule has 0 aliphatic carbocycles. The maximum Gasteiger partial charge on any atom is 0.238 e. The maximum atomic E-state index is 12.0. The van der Waals surface area contributed by atoms with Gasteiger partial charge in [-0.1, -0.05) is 35.2 Å². The summed E-state index contributed by atoms with van der Waals surface area (Å²) < 4.78 is 5.66. The van der Waals surface area contributed by atoms with E-state index in [9.17, 15) is 4.79 Å². The summed E-state index contributed by atoms with van der Waals surface area (Å²) in [6.45, 7) is 6.53. The Morgan fingerprint density at radius 1 is 1.52 bits per heavy atom. The van der Waals surface area contributed by atoms with Crippen molar-refractivity contribution >= 4 is 40.0 Å². The van der Waals surface area contributed by atoms with Crippen LogP contribution in [0.25, 0.3) is 0 Å². The van der Waals surface area contributed by atoms with Gasteiger partial charge in [-0.05, 0) is 20.3 Å². The SMILES string of the molecule is CCCNc1nnc(SC(C)C(=O)Nc2cc(C)on2)s1. The van der Waals surface area contributed by atoms with Crippen molar-refractivity contribution in [2.45, 2.75) is 36.8 Å². The van der Waals surface area contributed by atoms with Gasteiger partial charge in [-0.15, -0.1) is 10.2 Å². The molecular formula is C12H17N5O2S2. The number of aryl methyl sites for hydroxylation is 1. The van der Waals surface area contributed by atoms with Crippen molar-refractivity contribution in [3.8, 4) is 0 Å². The van der Waals surface area contributed by atoms with Crippen molar-refractivity contribution in [2.24, 2.45) is 0 Å². The van der Waals surface area contributed by atoms with Crippen molar-refractivity contribution in [3.63, 3.8) is 0 Å². The zero-order valence-electron chi connectivity index (χ0n) is 12.0. The Hall–Kier alpha value is -1.61. The fourth-order valence-corrected chi connectivity index (χ4v) is 3.34. The van der Waals surface area contributed by atoms with E-state index in [4.69, 9.17) is 4.52 Å². The highest BCUT2D eigenvalue weighted by atomic mass is 32.2. The van der Waals surface area contributed by atoms with Crippen molar-refractivity contribution in [2.75, 3.05) is 17.2 Å². The van der Waals surface area contributed by atoms with Crippen molar-refractivity contribution < 1.29 is 9.32 Å². The van der Waals surface area contributed by atoms with Crippen molar-refractivity contribution in [1.82, 2.24) is 15.4 Å². The van der Waals surface area contributed by atoms with Crippen LogP contribution in [0.1, 0.15) is 26.0 Å². The minimum absolute atomic E-state index is 0.147. The Balaban J connectivity index is 1.86.